The van der Waals surface area contributed by atoms with Crippen molar-refractivity contribution in [3.63, 3.8) is 0 Å². The van der Waals surface area contributed by atoms with Crippen LogP contribution in [-0.2, 0) is 10.0 Å². The van der Waals surface area contributed by atoms with Crippen LogP contribution >= 0.6 is 11.6 Å². The van der Waals surface area contributed by atoms with Crippen LogP contribution in [-0.4, -0.2) is 58.4 Å². The van der Waals surface area contributed by atoms with Gasteiger partial charge in [0.1, 0.15) is 16.4 Å². The van der Waals surface area contributed by atoms with Crippen molar-refractivity contribution >= 4 is 21.6 Å². The van der Waals surface area contributed by atoms with Crippen LogP contribution in [0.2, 0.25) is 5.02 Å². The molecule has 11 heteroatoms. The van der Waals surface area contributed by atoms with Crippen LogP contribution in [0.25, 0.3) is 0 Å². The van der Waals surface area contributed by atoms with Crippen LogP contribution in [0.5, 0.6) is 11.5 Å². The maximum atomic E-state index is 13.0. The van der Waals surface area contributed by atoms with Crippen LogP contribution in [0.15, 0.2) is 47.4 Å². The largest absolute Gasteiger partial charge is 0.495 e. The van der Waals surface area contributed by atoms with E-state index in [1.807, 2.05) is 12.1 Å². The van der Waals surface area contributed by atoms with E-state index in [-0.39, 0.29) is 22.6 Å². The standard InChI is InChI=1S/C26H32ClF3N2O4S/c1-35-24-11-6-19(27)16-25(24)37(33,34)31-20-7-9-21(10-8-20)32-14-12-18(13-15-32)22-4-2-3-5-23(22)36-17-26(28,29)30/h2-6,11,16,18,20-21,31H,7-10,12-15,17H2,1H3/t20-,21+. The van der Waals surface area contributed by atoms with Gasteiger partial charge in [-0.3, -0.25) is 0 Å². The zero-order valence-electron chi connectivity index (χ0n) is 20.6. The molecule has 1 N–H and O–H groups in total. The molecule has 1 saturated heterocycles. The first-order valence-corrected chi connectivity index (χ1v) is 14.3. The normalized spacial score (nSPS) is 22.1. The van der Waals surface area contributed by atoms with E-state index in [4.69, 9.17) is 21.1 Å². The zero-order valence-corrected chi connectivity index (χ0v) is 22.2. The van der Waals surface area contributed by atoms with E-state index in [0.717, 1.165) is 57.2 Å². The maximum Gasteiger partial charge on any atom is 0.422 e. The smallest absolute Gasteiger partial charge is 0.422 e. The van der Waals surface area contributed by atoms with Crippen LogP contribution in [0.1, 0.15) is 50.0 Å². The number of alkyl halides is 3. The Hall–Kier alpha value is -2.01. The first-order valence-electron chi connectivity index (χ1n) is 12.4. The summed E-state index contributed by atoms with van der Waals surface area (Å²) < 4.78 is 77.0. The summed E-state index contributed by atoms with van der Waals surface area (Å²) in [6, 6.07) is 11.7. The Balaban J connectivity index is 1.29. The Labute approximate surface area is 221 Å². The summed E-state index contributed by atoms with van der Waals surface area (Å²) in [7, 11) is -2.36. The highest BCUT2D eigenvalue weighted by Gasteiger charge is 2.33. The van der Waals surface area contributed by atoms with Gasteiger partial charge in [0.25, 0.3) is 0 Å². The number of nitrogens with one attached hydrogen (secondary N) is 1. The molecule has 37 heavy (non-hydrogen) atoms. The molecule has 1 aliphatic carbocycles. The molecular weight excluding hydrogens is 529 g/mol. The zero-order chi connectivity index (χ0) is 26.6. The fourth-order valence-electron chi connectivity index (χ4n) is 5.39. The van der Waals surface area contributed by atoms with Crippen molar-refractivity contribution < 1.29 is 31.1 Å². The van der Waals surface area contributed by atoms with Gasteiger partial charge in [0.15, 0.2) is 6.61 Å². The molecule has 2 fully saturated rings. The summed E-state index contributed by atoms with van der Waals surface area (Å²) in [5.74, 6) is 0.706. The lowest BCUT2D eigenvalue weighted by atomic mass is 9.85. The highest BCUT2D eigenvalue weighted by Crippen LogP contribution is 2.37. The summed E-state index contributed by atoms with van der Waals surface area (Å²) in [4.78, 5) is 2.46. The highest BCUT2D eigenvalue weighted by molar-refractivity contribution is 7.89. The predicted octanol–water partition coefficient (Wildman–Crippen LogP) is 5.76. The lowest BCUT2D eigenvalue weighted by Crippen LogP contribution is -2.46. The van der Waals surface area contributed by atoms with Crippen LogP contribution in [0.3, 0.4) is 0 Å². The van der Waals surface area contributed by atoms with Gasteiger partial charge in [-0.1, -0.05) is 29.8 Å². The molecule has 6 nitrogen and oxygen atoms in total. The minimum absolute atomic E-state index is 0.0335. The second kappa shape index (κ2) is 11.8. The second-order valence-electron chi connectivity index (χ2n) is 9.67. The number of hydrogen-bond donors (Lipinski definition) is 1. The number of sulfonamides is 1. The number of piperidine rings is 1. The molecule has 2 aromatic carbocycles. The summed E-state index contributed by atoms with van der Waals surface area (Å²) in [6.45, 7) is 0.401. The topological polar surface area (TPSA) is 67.9 Å². The van der Waals surface area contributed by atoms with Crippen molar-refractivity contribution in [2.45, 2.75) is 67.6 Å². The molecule has 0 amide bonds. The molecule has 0 spiro atoms. The third-order valence-electron chi connectivity index (χ3n) is 7.23. The van der Waals surface area contributed by atoms with E-state index in [1.54, 1.807) is 18.2 Å². The number of likely N-dealkylation sites (tertiary alicyclic amines) is 1. The number of methoxy groups -OCH3 is 1. The molecule has 204 valence electrons. The quantitative estimate of drug-likeness (QED) is 0.445. The number of hydrogen-bond acceptors (Lipinski definition) is 5. The molecule has 0 aromatic heterocycles. The van der Waals surface area contributed by atoms with Gasteiger partial charge in [0.2, 0.25) is 10.0 Å². The molecule has 2 aliphatic rings. The molecule has 2 aromatic rings. The van der Waals surface area contributed by atoms with Crippen molar-refractivity contribution in [1.29, 1.82) is 0 Å². The summed E-state index contributed by atoms with van der Waals surface area (Å²) in [5.41, 5.74) is 0.834. The number of halogens is 4. The molecule has 0 unspecified atom stereocenters. The van der Waals surface area contributed by atoms with Crippen molar-refractivity contribution in [2.24, 2.45) is 0 Å². The predicted molar refractivity (Wildman–Crippen MR) is 136 cm³/mol. The van der Waals surface area contributed by atoms with E-state index in [0.29, 0.717) is 16.8 Å². The third-order valence-corrected chi connectivity index (χ3v) is 9.01. The number of benzene rings is 2. The van der Waals surface area contributed by atoms with Gasteiger partial charge in [0.05, 0.1) is 7.11 Å². The molecule has 0 bridgehead atoms. The fraction of sp³-hybridized carbons (Fsp3) is 0.538. The summed E-state index contributed by atoms with van der Waals surface area (Å²) in [6.07, 6.45) is 0.498. The monoisotopic (exact) mass is 560 g/mol. The number of ether oxygens (including phenoxy) is 2. The molecule has 1 saturated carbocycles. The van der Waals surface area contributed by atoms with Crippen molar-refractivity contribution in [3.05, 3.63) is 53.1 Å². The molecule has 1 aliphatic heterocycles. The van der Waals surface area contributed by atoms with Gasteiger partial charge in [-0.2, -0.15) is 13.2 Å². The molecule has 1 heterocycles. The molecule has 4 rings (SSSR count). The SMILES string of the molecule is COc1ccc(Cl)cc1S(=O)(=O)N[C@H]1CC[C@@H](N2CCC(c3ccccc3OCC(F)(F)F)CC2)CC1. The Morgan fingerprint density at radius 1 is 1.00 bits per heavy atom. The maximum absolute atomic E-state index is 13.0. The Morgan fingerprint density at radius 2 is 1.68 bits per heavy atom. The van der Waals surface area contributed by atoms with Gasteiger partial charge < -0.3 is 14.4 Å². The summed E-state index contributed by atoms with van der Waals surface area (Å²) >= 11 is 6.01. The van der Waals surface area contributed by atoms with E-state index < -0.39 is 22.8 Å². The lowest BCUT2D eigenvalue weighted by Gasteiger charge is -2.41. The van der Waals surface area contributed by atoms with Gasteiger partial charge in [-0.05, 0) is 87.4 Å². The number of rotatable bonds is 8. The number of nitrogens with zero attached hydrogens (tertiary/aromatic N) is 1. The van der Waals surface area contributed by atoms with Gasteiger partial charge >= 0.3 is 6.18 Å². The third kappa shape index (κ3) is 7.31. The minimum atomic E-state index is -4.37. The highest BCUT2D eigenvalue weighted by atomic mass is 35.5. The van der Waals surface area contributed by atoms with Gasteiger partial charge in [-0.15, -0.1) is 0 Å². The first kappa shape index (κ1) is 28.0. The fourth-order valence-corrected chi connectivity index (χ4v) is 7.12. The molecule has 0 radical (unpaired) electrons. The molecular formula is C26H32ClF3N2O4S. The van der Waals surface area contributed by atoms with Crippen LogP contribution < -0.4 is 14.2 Å². The average molecular weight is 561 g/mol. The van der Waals surface area contributed by atoms with E-state index in [9.17, 15) is 21.6 Å². The van der Waals surface area contributed by atoms with Gasteiger partial charge in [-0.25, -0.2) is 13.1 Å². The van der Waals surface area contributed by atoms with Crippen LogP contribution in [0, 0.1) is 0 Å². The van der Waals surface area contributed by atoms with Gasteiger partial charge in [0, 0.05) is 17.1 Å². The van der Waals surface area contributed by atoms with Crippen molar-refractivity contribution in [3.8, 4) is 11.5 Å². The number of para-hydroxylation sites is 1. The lowest BCUT2D eigenvalue weighted by molar-refractivity contribution is -0.153. The van der Waals surface area contributed by atoms with E-state index in [1.165, 1.54) is 19.2 Å². The first-order chi connectivity index (χ1) is 17.6. The van der Waals surface area contributed by atoms with E-state index >= 15 is 0 Å². The van der Waals surface area contributed by atoms with Crippen molar-refractivity contribution in [1.82, 2.24) is 9.62 Å². The Morgan fingerprint density at radius 3 is 2.32 bits per heavy atom. The van der Waals surface area contributed by atoms with Crippen molar-refractivity contribution in [2.75, 3.05) is 26.8 Å². The minimum Gasteiger partial charge on any atom is -0.495 e. The van der Waals surface area contributed by atoms with E-state index in [2.05, 4.69) is 9.62 Å². The summed E-state index contributed by atoms with van der Waals surface area (Å²) in [5, 5.41) is 0.322. The Bertz CT molecular complexity index is 1160. The second-order valence-corrected chi connectivity index (χ2v) is 11.8. The average Bonchev–Trinajstić information content (AvgIpc) is 2.87. The molecule has 0 atom stereocenters. The Kier molecular flexibility index (Phi) is 8.93. The van der Waals surface area contributed by atoms with Crippen LogP contribution in [0.4, 0.5) is 13.2 Å².